The van der Waals surface area contributed by atoms with E-state index < -0.39 is 11.2 Å². The van der Waals surface area contributed by atoms with Gasteiger partial charge in [0.1, 0.15) is 0 Å². The number of rotatable bonds is 3. The predicted octanol–water partition coefficient (Wildman–Crippen LogP) is 4.72. The van der Waals surface area contributed by atoms with Gasteiger partial charge in [-0.05, 0) is 40.9 Å². The Morgan fingerprint density at radius 1 is 1.30 bits per heavy atom. The lowest BCUT2D eigenvalue weighted by molar-refractivity contribution is 0.0769. The SMILES string of the molecule is NCC1(C(=O)c2ccc(Br)c(Cl)c2F)CCCCCC1. The zero-order valence-corrected chi connectivity index (χ0v) is 13.6. The van der Waals surface area contributed by atoms with Gasteiger partial charge in [0.05, 0.1) is 10.6 Å². The molecule has 0 heterocycles. The van der Waals surface area contributed by atoms with Crippen LogP contribution >= 0.6 is 27.5 Å². The molecule has 1 aromatic rings. The first-order valence-corrected chi connectivity index (χ1v) is 8.07. The van der Waals surface area contributed by atoms with Crippen LogP contribution in [0, 0.1) is 11.2 Å². The smallest absolute Gasteiger partial charge is 0.173 e. The van der Waals surface area contributed by atoms with Crippen molar-refractivity contribution in [1.29, 1.82) is 0 Å². The van der Waals surface area contributed by atoms with E-state index in [1.54, 1.807) is 6.07 Å². The highest BCUT2D eigenvalue weighted by Gasteiger charge is 2.39. The predicted molar refractivity (Wildman–Crippen MR) is 82.6 cm³/mol. The maximum absolute atomic E-state index is 14.3. The molecule has 2 rings (SSSR count). The molecule has 1 aromatic carbocycles. The first-order valence-electron chi connectivity index (χ1n) is 6.90. The van der Waals surface area contributed by atoms with Crippen LogP contribution < -0.4 is 5.73 Å². The van der Waals surface area contributed by atoms with Crippen molar-refractivity contribution in [2.75, 3.05) is 6.54 Å². The van der Waals surface area contributed by atoms with Crippen molar-refractivity contribution in [1.82, 2.24) is 0 Å². The fourth-order valence-electron chi connectivity index (χ4n) is 2.92. The van der Waals surface area contributed by atoms with E-state index in [2.05, 4.69) is 15.9 Å². The number of hydrogen-bond acceptors (Lipinski definition) is 2. The third kappa shape index (κ3) is 2.92. The topological polar surface area (TPSA) is 43.1 Å². The molecule has 0 unspecified atom stereocenters. The van der Waals surface area contributed by atoms with Crippen LogP contribution in [0.3, 0.4) is 0 Å². The highest BCUT2D eigenvalue weighted by molar-refractivity contribution is 9.10. The Morgan fingerprint density at radius 3 is 2.45 bits per heavy atom. The summed E-state index contributed by atoms with van der Waals surface area (Å²) in [7, 11) is 0. The first-order chi connectivity index (χ1) is 9.52. The fraction of sp³-hybridized carbons (Fsp3) is 0.533. The summed E-state index contributed by atoms with van der Waals surface area (Å²) < 4.78 is 14.7. The van der Waals surface area contributed by atoms with Gasteiger partial charge in [-0.2, -0.15) is 0 Å². The van der Waals surface area contributed by atoms with Gasteiger partial charge in [0.15, 0.2) is 11.6 Å². The molecule has 0 amide bonds. The molecule has 0 atom stereocenters. The third-order valence-corrected chi connectivity index (χ3v) is 5.47. The average molecular weight is 363 g/mol. The van der Waals surface area contributed by atoms with E-state index in [1.165, 1.54) is 6.07 Å². The first kappa shape index (κ1) is 15.9. The van der Waals surface area contributed by atoms with Crippen molar-refractivity contribution >= 4 is 33.3 Å². The molecule has 5 heteroatoms. The largest absolute Gasteiger partial charge is 0.329 e. The molecule has 0 aromatic heterocycles. The Bertz CT molecular complexity index is 513. The van der Waals surface area contributed by atoms with Crippen molar-refractivity contribution in [2.45, 2.75) is 38.5 Å². The molecule has 1 fully saturated rings. The molecule has 0 saturated heterocycles. The number of ketones is 1. The van der Waals surface area contributed by atoms with E-state index in [9.17, 15) is 9.18 Å². The van der Waals surface area contributed by atoms with E-state index in [0.717, 1.165) is 38.5 Å². The standard InChI is InChI=1S/C15H18BrClFNO/c16-11-6-5-10(13(18)12(11)17)14(20)15(9-19)7-3-1-2-4-8-15/h5-6H,1-4,7-9,19H2. The fourth-order valence-corrected chi connectivity index (χ4v) is 3.39. The Hall–Kier alpha value is -0.450. The quantitative estimate of drug-likeness (QED) is 0.480. The van der Waals surface area contributed by atoms with Crippen molar-refractivity contribution in [2.24, 2.45) is 11.1 Å². The Labute approximate surface area is 132 Å². The van der Waals surface area contributed by atoms with Gasteiger partial charge in [0, 0.05) is 16.4 Å². The summed E-state index contributed by atoms with van der Waals surface area (Å²) in [6.45, 7) is 0.263. The van der Waals surface area contributed by atoms with Crippen LogP contribution in [0.25, 0.3) is 0 Å². The van der Waals surface area contributed by atoms with Crippen molar-refractivity contribution in [3.8, 4) is 0 Å². The minimum absolute atomic E-state index is 0.0448. The maximum atomic E-state index is 14.3. The van der Waals surface area contributed by atoms with Gasteiger partial charge in [0.2, 0.25) is 0 Å². The number of nitrogens with two attached hydrogens (primary N) is 1. The molecule has 20 heavy (non-hydrogen) atoms. The lowest BCUT2D eigenvalue weighted by Crippen LogP contribution is -2.38. The van der Waals surface area contributed by atoms with Gasteiger partial charge in [-0.1, -0.05) is 37.3 Å². The molecular weight excluding hydrogens is 345 g/mol. The van der Waals surface area contributed by atoms with Gasteiger partial charge in [-0.25, -0.2) is 4.39 Å². The second kappa shape index (κ2) is 6.54. The number of hydrogen-bond donors (Lipinski definition) is 1. The summed E-state index contributed by atoms with van der Waals surface area (Å²) in [4.78, 5) is 12.8. The molecule has 0 aliphatic heterocycles. The van der Waals surface area contributed by atoms with Crippen molar-refractivity contribution in [3.63, 3.8) is 0 Å². The van der Waals surface area contributed by atoms with Crippen LogP contribution in [-0.2, 0) is 0 Å². The average Bonchev–Trinajstić information content (AvgIpc) is 2.71. The number of benzene rings is 1. The molecule has 1 aliphatic carbocycles. The van der Waals surface area contributed by atoms with Gasteiger partial charge < -0.3 is 5.73 Å². The Kier molecular flexibility index (Phi) is 5.21. The highest BCUT2D eigenvalue weighted by Crippen LogP contribution is 2.39. The van der Waals surface area contributed by atoms with E-state index >= 15 is 0 Å². The molecular formula is C15H18BrClFNO. The lowest BCUT2D eigenvalue weighted by Gasteiger charge is -2.30. The number of carbonyl (C=O) groups is 1. The highest BCUT2D eigenvalue weighted by atomic mass is 79.9. The third-order valence-electron chi connectivity index (χ3n) is 4.21. The number of carbonyl (C=O) groups excluding carboxylic acids is 1. The number of halogens is 3. The molecule has 2 N–H and O–H groups in total. The lowest BCUT2D eigenvalue weighted by atomic mass is 9.74. The summed E-state index contributed by atoms with van der Waals surface area (Å²) in [5.74, 6) is -0.850. The summed E-state index contributed by atoms with van der Waals surface area (Å²) in [5.41, 5.74) is 5.31. The van der Waals surface area contributed by atoms with Crippen LogP contribution in [0.15, 0.2) is 16.6 Å². The summed E-state index contributed by atoms with van der Waals surface area (Å²) >= 11 is 9.04. The molecule has 1 saturated carbocycles. The molecule has 2 nitrogen and oxygen atoms in total. The Balaban J connectivity index is 2.40. The number of Topliss-reactive ketones (excluding diaryl/α,β-unsaturated/α-hetero) is 1. The van der Waals surface area contributed by atoms with Crippen LogP contribution in [-0.4, -0.2) is 12.3 Å². The van der Waals surface area contributed by atoms with Crippen LogP contribution in [0.4, 0.5) is 4.39 Å². The van der Waals surface area contributed by atoms with Gasteiger partial charge in [0.25, 0.3) is 0 Å². The maximum Gasteiger partial charge on any atom is 0.173 e. The molecule has 1 aliphatic rings. The van der Waals surface area contributed by atoms with Gasteiger partial charge >= 0.3 is 0 Å². The zero-order chi connectivity index (χ0) is 14.8. The molecule has 0 radical (unpaired) electrons. The minimum Gasteiger partial charge on any atom is -0.329 e. The summed E-state index contributed by atoms with van der Waals surface area (Å²) in [5, 5.41) is -0.0448. The molecule has 0 spiro atoms. The van der Waals surface area contributed by atoms with Gasteiger partial charge in [-0.3, -0.25) is 4.79 Å². The molecule has 110 valence electrons. The van der Waals surface area contributed by atoms with Crippen molar-refractivity contribution < 1.29 is 9.18 Å². The minimum atomic E-state index is -0.650. The van der Waals surface area contributed by atoms with E-state index in [4.69, 9.17) is 17.3 Å². The summed E-state index contributed by atoms with van der Waals surface area (Å²) in [6.07, 6.45) is 5.62. The summed E-state index contributed by atoms with van der Waals surface area (Å²) in [6, 6.07) is 3.11. The second-order valence-corrected chi connectivity index (χ2v) is 6.68. The zero-order valence-electron chi connectivity index (χ0n) is 11.2. The molecule has 0 bridgehead atoms. The monoisotopic (exact) mass is 361 g/mol. The van der Waals surface area contributed by atoms with E-state index in [0.29, 0.717) is 4.47 Å². The van der Waals surface area contributed by atoms with E-state index in [1.807, 2.05) is 0 Å². The van der Waals surface area contributed by atoms with Crippen LogP contribution in [0.2, 0.25) is 5.02 Å². The Morgan fingerprint density at radius 2 is 1.90 bits per heavy atom. The van der Waals surface area contributed by atoms with E-state index in [-0.39, 0.29) is 22.9 Å². The van der Waals surface area contributed by atoms with Crippen LogP contribution in [0.5, 0.6) is 0 Å². The normalized spacial score (nSPS) is 18.6. The van der Waals surface area contributed by atoms with Crippen LogP contribution in [0.1, 0.15) is 48.9 Å². The van der Waals surface area contributed by atoms with Crippen molar-refractivity contribution in [3.05, 3.63) is 33.0 Å². The second-order valence-electron chi connectivity index (χ2n) is 5.45. The van der Waals surface area contributed by atoms with Gasteiger partial charge in [-0.15, -0.1) is 0 Å².